The smallest absolute Gasteiger partial charge is 0.151 e. The number of carbonyl (C=O) groups excluding carboxylic acids is 1. The molecule has 0 saturated carbocycles. The minimum absolute atomic E-state index is 0.796. The van der Waals surface area contributed by atoms with E-state index in [0.717, 1.165) is 49.0 Å². The van der Waals surface area contributed by atoms with Crippen LogP contribution in [0.5, 0.6) is 0 Å². The maximum Gasteiger partial charge on any atom is 0.151 e. The Morgan fingerprint density at radius 1 is 1.47 bits per heavy atom. The van der Waals surface area contributed by atoms with Gasteiger partial charge in [-0.3, -0.25) is 4.79 Å². The van der Waals surface area contributed by atoms with Crippen LogP contribution in [-0.2, 0) is 6.54 Å². The Balaban J connectivity index is 2.65. The van der Waals surface area contributed by atoms with E-state index in [9.17, 15) is 4.79 Å². The van der Waals surface area contributed by atoms with Crippen LogP contribution in [0, 0.1) is 26.2 Å². The molecule has 0 fully saturated rings. The molecule has 0 aliphatic rings. The highest BCUT2D eigenvalue weighted by Crippen LogP contribution is 2.14. The van der Waals surface area contributed by atoms with Gasteiger partial charge in [-0.1, -0.05) is 0 Å². The normalized spacial score (nSPS) is 9.93. The van der Waals surface area contributed by atoms with Crippen LogP contribution in [0.2, 0.25) is 0 Å². The van der Waals surface area contributed by atoms with Crippen molar-refractivity contribution in [2.45, 2.75) is 39.7 Å². The van der Waals surface area contributed by atoms with E-state index in [1.54, 1.807) is 0 Å². The molecule has 0 aromatic carbocycles. The van der Waals surface area contributed by atoms with E-state index in [1.807, 2.05) is 19.9 Å². The summed E-state index contributed by atoms with van der Waals surface area (Å²) >= 11 is 0. The van der Waals surface area contributed by atoms with Crippen LogP contribution in [0.15, 0.2) is 6.07 Å². The molecule has 0 radical (unpaired) electrons. The Bertz CT molecular complexity index is 382. The Hall–Kier alpha value is -1.49. The molecule has 1 aromatic rings. The Kier molecular flexibility index (Phi) is 4.17. The lowest BCUT2D eigenvalue weighted by molar-refractivity contribution is 0.112. The monoisotopic (exact) mass is 203 g/mol. The van der Waals surface area contributed by atoms with Crippen molar-refractivity contribution in [3.05, 3.63) is 23.0 Å². The number of hydrogen-bond acceptors (Lipinski definition) is 1. The zero-order valence-corrected chi connectivity index (χ0v) is 9.42. The van der Waals surface area contributed by atoms with Crippen molar-refractivity contribution in [1.29, 1.82) is 0 Å². The van der Waals surface area contributed by atoms with Gasteiger partial charge in [0.15, 0.2) is 6.29 Å². The molecule has 0 atom stereocenters. The predicted octanol–water partition coefficient (Wildman–Crippen LogP) is 2.72. The van der Waals surface area contributed by atoms with Gasteiger partial charge in [0.05, 0.1) is 0 Å². The van der Waals surface area contributed by atoms with E-state index in [-0.39, 0.29) is 0 Å². The lowest BCUT2D eigenvalue weighted by Crippen LogP contribution is -2.02. The van der Waals surface area contributed by atoms with Gasteiger partial charge in [-0.15, -0.1) is 12.3 Å². The first-order chi connectivity index (χ1) is 7.20. The molecule has 0 aliphatic carbocycles. The third kappa shape index (κ3) is 2.73. The third-order valence-electron chi connectivity index (χ3n) is 2.69. The van der Waals surface area contributed by atoms with Crippen molar-refractivity contribution in [3.63, 3.8) is 0 Å². The highest BCUT2D eigenvalue weighted by molar-refractivity contribution is 5.77. The molecule has 15 heavy (non-hydrogen) atoms. The minimum atomic E-state index is 0.796. The van der Waals surface area contributed by atoms with Gasteiger partial charge in [-0.05, 0) is 32.8 Å². The number of aldehydes is 1. The van der Waals surface area contributed by atoms with E-state index in [1.165, 1.54) is 0 Å². The highest BCUT2D eigenvalue weighted by atomic mass is 16.1. The topological polar surface area (TPSA) is 22.0 Å². The molecule has 0 amide bonds. The number of unbranched alkanes of at least 4 members (excludes halogenated alkanes) is 2. The molecule has 0 bridgehead atoms. The average Bonchev–Trinajstić information content (AvgIpc) is 2.50. The van der Waals surface area contributed by atoms with Gasteiger partial charge in [-0.25, -0.2) is 0 Å². The van der Waals surface area contributed by atoms with Crippen LogP contribution in [0.3, 0.4) is 0 Å². The number of nitrogens with zero attached hydrogens (tertiary/aromatic N) is 1. The molecule has 2 heteroatoms. The minimum Gasteiger partial charge on any atom is -0.348 e. The van der Waals surface area contributed by atoms with Crippen LogP contribution in [0.1, 0.15) is 41.0 Å². The van der Waals surface area contributed by atoms with Gasteiger partial charge >= 0.3 is 0 Å². The number of carbonyl (C=O) groups is 1. The van der Waals surface area contributed by atoms with E-state index >= 15 is 0 Å². The molecule has 0 unspecified atom stereocenters. The standard InChI is InChI=1S/C13H17NO/c1-4-5-6-7-8-14-11(2)9-13(10-15)12(14)3/h1,9-10H,5-8H2,2-3H3. The summed E-state index contributed by atoms with van der Waals surface area (Å²) in [6.45, 7) is 4.96. The van der Waals surface area contributed by atoms with Gasteiger partial charge in [0.25, 0.3) is 0 Å². The largest absolute Gasteiger partial charge is 0.348 e. The molecule has 1 rings (SSSR count). The van der Waals surface area contributed by atoms with Gasteiger partial charge in [0.2, 0.25) is 0 Å². The summed E-state index contributed by atoms with van der Waals surface area (Å²) in [4.78, 5) is 10.7. The van der Waals surface area contributed by atoms with E-state index < -0.39 is 0 Å². The molecule has 0 N–H and O–H groups in total. The molecule has 1 heterocycles. The lowest BCUT2D eigenvalue weighted by atomic mass is 10.2. The second kappa shape index (κ2) is 5.41. The van der Waals surface area contributed by atoms with Gasteiger partial charge < -0.3 is 4.57 Å². The molecule has 0 aliphatic heterocycles. The SMILES string of the molecule is C#CCCCCn1c(C)cc(C=O)c1C. The second-order valence-electron chi connectivity index (χ2n) is 3.76. The van der Waals surface area contributed by atoms with Crippen molar-refractivity contribution < 1.29 is 4.79 Å². The summed E-state index contributed by atoms with van der Waals surface area (Å²) in [5.41, 5.74) is 3.00. The Morgan fingerprint density at radius 2 is 2.20 bits per heavy atom. The number of rotatable bonds is 5. The predicted molar refractivity (Wildman–Crippen MR) is 62.0 cm³/mol. The summed E-state index contributed by atoms with van der Waals surface area (Å²) in [6.07, 6.45) is 9.05. The van der Waals surface area contributed by atoms with E-state index in [4.69, 9.17) is 6.42 Å². The van der Waals surface area contributed by atoms with Crippen molar-refractivity contribution >= 4 is 6.29 Å². The van der Waals surface area contributed by atoms with Crippen molar-refractivity contribution in [2.24, 2.45) is 0 Å². The molecule has 2 nitrogen and oxygen atoms in total. The second-order valence-corrected chi connectivity index (χ2v) is 3.76. The Morgan fingerprint density at radius 3 is 2.73 bits per heavy atom. The number of aryl methyl sites for hydroxylation is 1. The first kappa shape index (κ1) is 11.6. The van der Waals surface area contributed by atoms with E-state index in [0.29, 0.717) is 0 Å². The third-order valence-corrected chi connectivity index (χ3v) is 2.69. The molecule has 0 spiro atoms. The fourth-order valence-electron chi connectivity index (χ4n) is 1.79. The van der Waals surface area contributed by atoms with Crippen LogP contribution in [-0.4, -0.2) is 10.9 Å². The van der Waals surface area contributed by atoms with Crippen molar-refractivity contribution in [2.75, 3.05) is 0 Å². The summed E-state index contributed by atoms with van der Waals surface area (Å²) in [6, 6.07) is 1.93. The zero-order chi connectivity index (χ0) is 11.3. The van der Waals surface area contributed by atoms with Crippen LogP contribution >= 0.6 is 0 Å². The number of terminal acetylenes is 1. The van der Waals surface area contributed by atoms with Gasteiger partial charge in [0.1, 0.15) is 0 Å². The fourth-order valence-corrected chi connectivity index (χ4v) is 1.79. The maximum atomic E-state index is 10.7. The average molecular weight is 203 g/mol. The van der Waals surface area contributed by atoms with Crippen molar-refractivity contribution in [3.8, 4) is 12.3 Å². The van der Waals surface area contributed by atoms with Crippen LogP contribution in [0.4, 0.5) is 0 Å². The first-order valence-corrected chi connectivity index (χ1v) is 5.26. The molecule has 0 saturated heterocycles. The summed E-state index contributed by atoms with van der Waals surface area (Å²) in [5, 5.41) is 0. The lowest BCUT2D eigenvalue weighted by Gasteiger charge is -2.08. The fraction of sp³-hybridized carbons (Fsp3) is 0.462. The first-order valence-electron chi connectivity index (χ1n) is 5.26. The van der Waals surface area contributed by atoms with Crippen LogP contribution in [0.25, 0.3) is 0 Å². The molecule has 1 aromatic heterocycles. The quantitative estimate of drug-likeness (QED) is 0.410. The molecular formula is C13H17NO. The number of hydrogen-bond donors (Lipinski definition) is 0. The summed E-state index contributed by atoms with van der Waals surface area (Å²) < 4.78 is 2.18. The van der Waals surface area contributed by atoms with E-state index in [2.05, 4.69) is 10.5 Å². The summed E-state index contributed by atoms with van der Waals surface area (Å²) in [7, 11) is 0. The van der Waals surface area contributed by atoms with Gasteiger partial charge in [-0.2, -0.15) is 0 Å². The number of aromatic nitrogens is 1. The Labute approximate surface area is 91.3 Å². The maximum absolute atomic E-state index is 10.7. The highest BCUT2D eigenvalue weighted by Gasteiger charge is 2.06. The summed E-state index contributed by atoms with van der Waals surface area (Å²) in [5.74, 6) is 2.63. The zero-order valence-electron chi connectivity index (χ0n) is 9.42. The molecule has 80 valence electrons. The van der Waals surface area contributed by atoms with Crippen LogP contribution < -0.4 is 0 Å². The van der Waals surface area contributed by atoms with Gasteiger partial charge in [0, 0.05) is 29.9 Å². The molecular weight excluding hydrogens is 186 g/mol. The van der Waals surface area contributed by atoms with Crippen molar-refractivity contribution in [1.82, 2.24) is 4.57 Å².